The molecule has 1 heterocycles. The molecule has 0 spiro atoms. The molecule has 0 N–H and O–H groups in total. The lowest BCUT2D eigenvalue weighted by atomic mass is 10.1. The third kappa shape index (κ3) is 5.48. The second kappa shape index (κ2) is 8.45. The number of rotatable bonds is 8. The SMILES string of the molecule is C=CCC[C@@H]1C[C@@H](OCC)O[C@@H](CCC=C)O1. The molecule has 0 saturated carbocycles. The van der Waals surface area contributed by atoms with Crippen LogP contribution in [-0.2, 0) is 14.2 Å². The van der Waals surface area contributed by atoms with Crippen LogP contribution in [0.1, 0.15) is 39.0 Å². The van der Waals surface area contributed by atoms with Gasteiger partial charge in [0.2, 0.25) is 0 Å². The summed E-state index contributed by atoms with van der Waals surface area (Å²) in [4.78, 5) is 0. The van der Waals surface area contributed by atoms with Gasteiger partial charge in [0.15, 0.2) is 12.6 Å². The average molecular weight is 240 g/mol. The maximum Gasteiger partial charge on any atom is 0.163 e. The van der Waals surface area contributed by atoms with E-state index in [2.05, 4.69) is 13.2 Å². The normalized spacial score (nSPS) is 28.9. The van der Waals surface area contributed by atoms with Gasteiger partial charge in [0.05, 0.1) is 6.10 Å². The van der Waals surface area contributed by atoms with E-state index in [1.807, 2.05) is 19.1 Å². The summed E-state index contributed by atoms with van der Waals surface area (Å²) < 4.78 is 17.1. The first kappa shape index (κ1) is 14.4. The van der Waals surface area contributed by atoms with Crippen molar-refractivity contribution in [3.8, 4) is 0 Å². The fraction of sp³-hybridized carbons (Fsp3) is 0.714. The summed E-state index contributed by atoms with van der Waals surface area (Å²) in [5, 5.41) is 0. The highest BCUT2D eigenvalue weighted by Gasteiger charge is 2.29. The zero-order chi connectivity index (χ0) is 12.5. The zero-order valence-corrected chi connectivity index (χ0v) is 10.8. The topological polar surface area (TPSA) is 27.7 Å². The van der Waals surface area contributed by atoms with Gasteiger partial charge in [0.1, 0.15) is 0 Å². The molecule has 0 aliphatic carbocycles. The van der Waals surface area contributed by atoms with Crippen LogP contribution in [0.3, 0.4) is 0 Å². The van der Waals surface area contributed by atoms with Gasteiger partial charge in [-0.15, -0.1) is 13.2 Å². The Kier molecular flexibility index (Phi) is 7.17. The molecule has 0 aromatic heterocycles. The number of ether oxygens (including phenoxy) is 3. The standard InChI is InChI=1S/C14H24O3/c1-4-7-9-12-11-14(15-6-3)17-13(16-12)10-8-5-2/h4-5,12-14H,1-2,6-11H2,3H3/t12-,13+,14+/m1/s1. The second-order valence-corrected chi connectivity index (χ2v) is 4.18. The van der Waals surface area contributed by atoms with Crippen molar-refractivity contribution < 1.29 is 14.2 Å². The van der Waals surface area contributed by atoms with Crippen molar-refractivity contribution in [2.75, 3.05) is 6.61 Å². The molecule has 3 heteroatoms. The van der Waals surface area contributed by atoms with Crippen LogP contribution in [0.5, 0.6) is 0 Å². The molecule has 0 amide bonds. The van der Waals surface area contributed by atoms with Crippen molar-refractivity contribution in [3.05, 3.63) is 25.3 Å². The third-order valence-electron chi connectivity index (χ3n) is 2.75. The van der Waals surface area contributed by atoms with Crippen LogP contribution in [0.25, 0.3) is 0 Å². The molecule has 0 radical (unpaired) electrons. The minimum atomic E-state index is -0.159. The van der Waals surface area contributed by atoms with Crippen LogP contribution in [0.15, 0.2) is 25.3 Å². The third-order valence-corrected chi connectivity index (χ3v) is 2.75. The predicted octanol–water partition coefficient (Wildman–Crippen LogP) is 3.41. The summed E-state index contributed by atoms with van der Waals surface area (Å²) in [6.45, 7) is 10.1. The van der Waals surface area contributed by atoms with E-state index >= 15 is 0 Å². The van der Waals surface area contributed by atoms with Gasteiger partial charge in [-0.1, -0.05) is 12.2 Å². The number of allylic oxidation sites excluding steroid dienone is 2. The van der Waals surface area contributed by atoms with Gasteiger partial charge in [0.25, 0.3) is 0 Å². The van der Waals surface area contributed by atoms with Crippen LogP contribution in [0, 0.1) is 0 Å². The van der Waals surface area contributed by atoms with Crippen molar-refractivity contribution >= 4 is 0 Å². The van der Waals surface area contributed by atoms with E-state index < -0.39 is 0 Å². The Morgan fingerprint density at radius 2 is 1.88 bits per heavy atom. The highest BCUT2D eigenvalue weighted by molar-refractivity contribution is 4.75. The molecule has 3 nitrogen and oxygen atoms in total. The Morgan fingerprint density at radius 3 is 2.53 bits per heavy atom. The summed E-state index contributed by atoms with van der Waals surface area (Å²) in [7, 11) is 0. The van der Waals surface area contributed by atoms with E-state index in [-0.39, 0.29) is 18.7 Å². The maximum absolute atomic E-state index is 5.87. The largest absolute Gasteiger partial charge is 0.353 e. The molecule has 1 aliphatic heterocycles. The van der Waals surface area contributed by atoms with Crippen LogP contribution in [-0.4, -0.2) is 25.3 Å². The van der Waals surface area contributed by atoms with E-state index in [0.29, 0.717) is 6.61 Å². The summed E-state index contributed by atoms with van der Waals surface area (Å²) in [6, 6.07) is 0. The van der Waals surface area contributed by atoms with Gasteiger partial charge in [-0.25, -0.2) is 0 Å². The Hall–Kier alpha value is -0.640. The van der Waals surface area contributed by atoms with E-state index in [1.165, 1.54) is 0 Å². The summed E-state index contributed by atoms with van der Waals surface area (Å²) in [5.74, 6) is 0. The molecule has 98 valence electrons. The molecule has 1 rings (SSSR count). The van der Waals surface area contributed by atoms with Gasteiger partial charge in [-0.3, -0.25) is 0 Å². The zero-order valence-electron chi connectivity index (χ0n) is 10.8. The van der Waals surface area contributed by atoms with Crippen molar-refractivity contribution in [2.24, 2.45) is 0 Å². The van der Waals surface area contributed by atoms with Crippen molar-refractivity contribution in [3.63, 3.8) is 0 Å². The average Bonchev–Trinajstić information content (AvgIpc) is 2.34. The first-order valence-corrected chi connectivity index (χ1v) is 6.44. The van der Waals surface area contributed by atoms with Crippen LogP contribution >= 0.6 is 0 Å². The smallest absolute Gasteiger partial charge is 0.163 e. The van der Waals surface area contributed by atoms with E-state index in [9.17, 15) is 0 Å². The van der Waals surface area contributed by atoms with Crippen molar-refractivity contribution in [2.45, 2.75) is 57.7 Å². The van der Waals surface area contributed by atoms with E-state index in [4.69, 9.17) is 14.2 Å². The summed E-state index contributed by atoms with van der Waals surface area (Å²) in [5.41, 5.74) is 0. The Labute approximate surface area is 104 Å². The minimum absolute atomic E-state index is 0.126. The molecule has 0 unspecified atom stereocenters. The lowest BCUT2D eigenvalue weighted by molar-refractivity contribution is -0.307. The first-order chi connectivity index (χ1) is 8.30. The molecule has 3 atom stereocenters. The van der Waals surface area contributed by atoms with Gasteiger partial charge < -0.3 is 14.2 Å². The minimum Gasteiger partial charge on any atom is -0.353 e. The first-order valence-electron chi connectivity index (χ1n) is 6.44. The molecule has 0 aromatic carbocycles. The lowest BCUT2D eigenvalue weighted by Crippen LogP contribution is -2.39. The van der Waals surface area contributed by atoms with Gasteiger partial charge in [-0.2, -0.15) is 0 Å². The van der Waals surface area contributed by atoms with Gasteiger partial charge in [0, 0.05) is 19.4 Å². The van der Waals surface area contributed by atoms with Gasteiger partial charge >= 0.3 is 0 Å². The monoisotopic (exact) mass is 240 g/mol. The lowest BCUT2D eigenvalue weighted by Gasteiger charge is -2.35. The Morgan fingerprint density at radius 1 is 1.18 bits per heavy atom. The van der Waals surface area contributed by atoms with Crippen LogP contribution in [0.4, 0.5) is 0 Å². The van der Waals surface area contributed by atoms with E-state index in [1.54, 1.807) is 0 Å². The number of hydrogen-bond donors (Lipinski definition) is 0. The van der Waals surface area contributed by atoms with Crippen molar-refractivity contribution in [1.82, 2.24) is 0 Å². The highest BCUT2D eigenvalue weighted by Crippen LogP contribution is 2.25. The van der Waals surface area contributed by atoms with Crippen LogP contribution < -0.4 is 0 Å². The van der Waals surface area contributed by atoms with Gasteiger partial charge in [-0.05, 0) is 26.2 Å². The maximum atomic E-state index is 5.87. The quantitative estimate of drug-likeness (QED) is 0.608. The van der Waals surface area contributed by atoms with E-state index in [0.717, 1.165) is 32.1 Å². The molecular weight excluding hydrogens is 216 g/mol. The molecule has 1 fully saturated rings. The molecular formula is C14H24O3. The predicted molar refractivity (Wildman–Crippen MR) is 68.6 cm³/mol. The summed E-state index contributed by atoms with van der Waals surface area (Å²) in [6.07, 6.45) is 8.25. The highest BCUT2D eigenvalue weighted by atomic mass is 16.8. The Bertz CT molecular complexity index is 208. The molecule has 0 bridgehead atoms. The fourth-order valence-corrected chi connectivity index (χ4v) is 1.91. The molecule has 1 saturated heterocycles. The molecule has 0 aromatic rings. The summed E-state index contributed by atoms with van der Waals surface area (Å²) >= 11 is 0. The molecule has 1 aliphatic rings. The second-order valence-electron chi connectivity index (χ2n) is 4.18. The molecule has 17 heavy (non-hydrogen) atoms. The van der Waals surface area contributed by atoms with Crippen LogP contribution in [0.2, 0.25) is 0 Å². The number of hydrogen-bond acceptors (Lipinski definition) is 3. The fourth-order valence-electron chi connectivity index (χ4n) is 1.91. The Balaban J connectivity index is 2.42. The van der Waals surface area contributed by atoms with Crippen molar-refractivity contribution in [1.29, 1.82) is 0 Å².